The molecule has 0 atom stereocenters. The van der Waals surface area contributed by atoms with Gasteiger partial charge in [-0.3, -0.25) is 5.41 Å². The predicted octanol–water partition coefficient (Wildman–Crippen LogP) is 6.92. The summed E-state index contributed by atoms with van der Waals surface area (Å²) in [6, 6.07) is 19.8. The lowest BCUT2D eigenvalue weighted by Crippen LogP contribution is -2.21. The Kier molecular flexibility index (Phi) is 10.7. The first-order valence-electron chi connectivity index (χ1n) is 12.9. The molecule has 43 heavy (non-hydrogen) atoms. The minimum atomic E-state index is -5.08. The highest BCUT2D eigenvalue weighted by molar-refractivity contribution is 5.95. The van der Waals surface area contributed by atoms with Gasteiger partial charge in [-0.2, -0.15) is 13.2 Å². The number of ether oxygens (including phenoxy) is 2. The number of benzene rings is 3. The summed E-state index contributed by atoms with van der Waals surface area (Å²) < 4.78 is 64.8. The molecule has 0 radical (unpaired) electrons. The molecule has 0 aliphatic heterocycles. The molecule has 228 valence electrons. The first-order valence-corrected chi connectivity index (χ1v) is 12.9. The molecule has 9 nitrogen and oxygen atoms in total. The van der Waals surface area contributed by atoms with Crippen LogP contribution in [-0.4, -0.2) is 40.8 Å². The number of halogens is 4. The number of carbonyl (C=O) groups is 1. The highest BCUT2D eigenvalue weighted by Gasteiger charge is 2.38. The number of rotatable bonds is 10. The first kappa shape index (κ1) is 32.4. The molecule has 0 fully saturated rings. The Hall–Kier alpha value is -5.07. The summed E-state index contributed by atoms with van der Waals surface area (Å²) in [4.78, 5) is 15.3. The van der Waals surface area contributed by atoms with Crippen molar-refractivity contribution in [1.29, 1.82) is 5.41 Å². The van der Waals surface area contributed by atoms with Gasteiger partial charge in [-0.25, -0.2) is 14.2 Å². The number of nitrogens with one attached hydrogen (secondary N) is 1. The zero-order valence-electron chi connectivity index (χ0n) is 23.5. The second kappa shape index (κ2) is 14.2. The van der Waals surface area contributed by atoms with Crippen LogP contribution < -0.4 is 20.1 Å². The number of anilines is 2. The van der Waals surface area contributed by atoms with Gasteiger partial charge in [0.25, 0.3) is 0 Å². The van der Waals surface area contributed by atoms with E-state index in [9.17, 15) is 13.2 Å². The van der Waals surface area contributed by atoms with E-state index in [1.807, 2.05) is 51.1 Å². The second-order valence-corrected chi connectivity index (χ2v) is 9.20. The van der Waals surface area contributed by atoms with Crippen LogP contribution >= 0.6 is 0 Å². The van der Waals surface area contributed by atoms with Crippen molar-refractivity contribution >= 4 is 23.2 Å². The minimum absolute atomic E-state index is 0.0505. The largest absolute Gasteiger partial charge is 0.494 e. The van der Waals surface area contributed by atoms with E-state index in [1.54, 1.807) is 47.6 Å². The number of nitrogens with two attached hydrogens (primary N) is 1. The second-order valence-electron chi connectivity index (χ2n) is 9.20. The number of nitrogens with zero attached hydrogens (tertiary/aromatic N) is 2. The SMILES string of the molecule is CCOc1cc(OC(C)C)c(F)c(N(Cc2nc(-c3ccccc3)co2)c2ccc(C(=N)N)cc2)c1.O=C(O)C(F)(F)F. The topological polar surface area (TPSA) is 135 Å². The van der Waals surface area contributed by atoms with Crippen LogP contribution in [0.2, 0.25) is 0 Å². The average Bonchev–Trinajstić information content (AvgIpc) is 3.42. The van der Waals surface area contributed by atoms with Crippen molar-refractivity contribution in [2.24, 2.45) is 5.73 Å². The first-order chi connectivity index (χ1) is 20.3. The maximum Gasteiger partial charge on any atom is 0.490 e. The summed E-state index contributed by atoms with van der Waals surface area (Å²) in [6.07, 6.45) is -3.73. The summed E-state index contributed by atoms with van der Waals surface area (Å²) in [5.74, 6) is -2.37. The smallest absolute Gasteiger partial charge is 0.490 e. The van der Waals surface area contributed by atoms with Crippen LogP contribution in [0.5, 0.6) is 11.5 Å². The molecule has 3 aromatic carbocycles. The lowest BCUT2D eigenvalue weighted by Gasteiger charge is -2.26. The molecular formula is C30H30F4N4O5. The van der Waals surface area contributed by atoms with Gasteiger partial charge in [-0.1, -0.05) is 30.3 Å². The lowest BCUT2D eigenvalue weighted by atomic mass is 10.1. The Bertz CT molecular complexity index is 1520. The molecule has 0 unspecified atom stereocenters. The summed E-state index contributed by atoms with van der Waals surface area (Å²) >= 11 is 0. The van der Waals surface area contributed by atoms with Gasteiger partial charge in [0.05, 0.1) is 24.9 Å². The fourth-order valence-corrected chi connectivity index (χ4v) is 3.74. The van der Waals surface area contributed by atoms with Crippen LogP contribution in [0.1, 0.15) is 32.2 Å². The zero-order valence-corrected chi connectivity index (χ0v) is 23.5. The Morgan fingerprint density at radius 2 is 1.74 bits per heavy atom. The van der Waals surface area contributed by atoms with Crippen LogP contribution in [-0.2, 0) is 11.3 Å². The van der Waals surface area contributed by atoms with Crippen molar-refractivity contribution in [3.63, 3.8) is 0 Å². The maximum atomic E-state index is 15.8. The highest BCUT2D eigenvalue weighted by atomic mass is 19.4. The number of hydrogen-bond acceptors (Lipinski definition) is 7. The van der Waals surface area contributed by atoms with Crippen LogP contribution in [0.3, 0.4) is 0 Å². The van der Waals surface area contributed by atoms with Gasteiger partial charge in [0.1, 0.15) is 23.5 Å². The monoisotopic (exact) mass is 602 g/mol. The number of amidine groups is 1. The van der Waals surface area contributed by atoms with E-state index >= 15 is 4.39 Å². The van der Waals surface area contributed by atoms with Gasteiger partial charge in [-0.05, 0) is 45.0 Å². The van der Waals surface area contributed by atoms with Gasteiger partial charge in [0.15, 0.2) is 11.6 Å². The third-order valence-corrected chi connectivity index (χ3v) is 5.61. The maximum absolute atomic E-state index is 15.8. The van der Waals surface area contributed by atoms with Gasteiger partial charge in [-0.15, -0.1) is 0 Å². The van der Waals surface area contributed by atoms with Crippen LogP contribution in [0.25, 0.3) is 11.3 Å². The number of carboxylic acids is 1. The molecule has 0 bridgehead atoms. The van der Waals surface area contributed by atoms with Crippen LogP contribution in [0.15, 0.2) is 77.4 Å². The number of aromatic nitrogens is 1. The summed E-state index contributed by atoms with van der Waals surface area (Å²) in [5.41, 5.74) is 8.69. The van der Waals surface area contributed by atoms with E-state index in [1.165, 1.54) is 0 Å². The molecule has 4 aromatic rings. The van der Waals surface area contributed by atoms with E-state index in [4.69, 9.17) is 34.9 Å². The molecule has 4 rings (SSSR count). The normalized spacial score (nSPS) is 11.0. The van der Waals surface area contributed by atoms with Crippen molar-refractivity contribution in [2.45, 2.75) is 39.6 Å². The summed E-state index contributed by atoms with van der Waals surface area (Å²) in [6.45, 7) is 6.09. The molecule has 0 aliphatic carbocycles. The van der Waals surface area contributed by atoms with Gasteiger partial charge < -0.3 is 29.6 Å². The van der Waals surface area contributed by atoms with E-state index in [2.05, 4.69) is 4.98 Å². The van der Waals surface area contributed by atoms with Crippen molar-refractivity contribution in [2.75, 3.05) is 11.5 Å². The Balaban J connectivity index is 0.000000646. The Morgan fingerprint density at radius 1 is 1.12 bits per heavy atom. The third kappa shape index (κ3) is 8.96. The molecule has 1 aromatic heterocycles. The molecule has 0 saturated carbocycles. The fraction of sp³-hybridized carbons (Fsp3) is 0.233. The average molecular weight is 603 g/mol. The molecule has 0 aliphatic rings. The number of nitrogen functional groups attached to an aromatic ring is 1. The highest BCUT2D eigenvalue weighted by Crippen LogP contribution is 2.38. The molecule has 0 amide bonds. The van der Waals surface area contributed by atoms with Crippen LogP contribution in [0, 0.1) is 11.2 Å². The van der Waals surface area contributed by atoms with Crippen molar-refractivity contribution in [1.82, 2.24) is 4.98 Å². The van der Waals surface area contributed by atoms with Crippen LogP contribution in [0.4, 0.5) is 28.9 Å². The molecular weight excluding hydrogens is 572 g/mol. The van der Waals surface area contributed by atoms with E-state index < -0.39 is 18.0 Å². The van der Waals surface area contributed by atoms with Crippen molar-refractivity contribution in [3.05, 3.63) is 90.3 Å². The predicted molar refractivity (Wildman–Crippen MR) is 152 cm³/mol. The van der Waals surface area contributed by atoms with Crippen molar-refractivity contribution < 1.29 is 41.4 Å². The number of aliphatic carboxylic acids is 1. The quantitative estimate of drug-likeness (QED) is 0.101. The standard InChI is InChI=1S/C28H29FN4O3.C2HF3O2/c1-4-34-22-14-24(27(29)25(15-22)36-18(2)3)33(21-12-10-20(11-13-21)28(30)31)16-26-32-23(17-35-26)19-8-6-5-7-9-19;3-2(4,5)1(6)7/h5-15,17-18H,4,16H2,1-3H3,(H3,30,31);(H,6,7). The Morgan fingerprint density at radius 3 is 2.28 bits per heavy atom. The minimum Gasteiger partial charge on any atom is -0.494 e. The number of alkyl halides is 3. The zero-order chi connectivity index (χ0) is 31.7. The lowest BCUT2D eigenvalue weighted by molar-refractivity contribution is -0.192. The van der Waals surface area contributed by atoms with Crippen molar-refractivity contribution in [3.8, 4) is 22.8 Å². The fourth-order valence-electron chi connectivity index (χ4n) is 3.74. The van der Waals surface area contributed by atoms with E-state index in [0.29, 0.717) is 35.2 Å². The summed E-state index contributed by atoms with van der Waals surface area (Å²) in [5, 5.41) is 14.8. The molecule has 0 spiro atoms. The number of carboxylic acid groups (broad SMARTS) is 1. The van der Waals surface area contributed by atoms with E-state index in [0.717, 1.165) is 5.56 Å². The van der Waals surface area contributed by atoms with E-state index in [-0.39, 0.29) is 29.9 Å². The molecule has 0 saturated heterocycles. The summed E-state index contributed by atoms with van der Waals surface area (Å²) in [7, 11) is 0. The van der Waals surface area contributed by atoms with Gasteiger partial charge >= 0.3 is 12.1 Å². The molecule has 1 heterocycles. The number of hydrogen-bond donors (Lipinski definition) is 3. The van der Waals surface area contributed by atoms with Gasteiger partial charge in [0.2, 0.25) is 5.89 Å². The van der Waals surface area contributed by atoms with Gasteiger partial charge in [0, 0.05) is 28.9 Å². The Labute approximate surface area is 245 Å². The molecule has 4 N–H and O–H groups in total. The number of oxazole rings is 1. The molecule has 13 heteroatoms. The third-order valence-electron chi connectivity index (χ3n) is 5.61.